The Morgan fingerprint density at radius 2 is 2.10 bits per heavy atom. The zero-order chi connectivity index (χ0) is 14.7. The molecule has 0 saturated heterocycles. The quantitative estimate of drug-likeness (QED) is 0.868. The van der Waals surface area contributed by atoms with Gasteiger partial charge in [0, 0.05) is 23.2 Å². The molecule has 20 heavy (non-hydrogen) atoms. The molecule has 0 radical (unpaired) electrons. The van der Waals surface area contributed by atoms with Crippen molar-refractivity contribution in [3.05, 3.63) is 51.3 Å². The summed E-state index contributed by atoms with van der Waals surface area (Å²) in [7, 11) is 1.71. The Balaban J connectivity index is 2.02. The second-order valence-electron chi connectivity index (χ2n) is 4.59. The third-order valence-electron chi connectivity index (χ3n) is 2.85. The molecule has 0 atom stereocenters. The lowest BCUT2D eigenvalue weighted by atomic mass is 10.1. The highest BCUT2D eigenvalue weighted by molar-refractivity contribution is 6.33. The normalized spacial score (nSPS) is 10.6. The Kier molecular flexibility index (Phi) is 4.68. The Labute approximate surface area is 127 Å². The summed E-state index contributed by atoms with van der Waals surface area (Å²) in [6.45, 7) is 2.21. The molecule has 1 aromatic heterocycles. The van der Waals surface area contributed by atoms with E-state index in [1.54, 1.807) is 36.2 Å². The van der Waals surface area contributed by atoms with E-state index in [2.05, 4.69) is 5.16 Å². The standard InChI is InChI=1S/C14H14Cl2N2O2/c1-9-5-12(17-20-9)8-18(2)14(19)7-10-6-11(15)3-4-13(10)16/h3-6H,7-8H2,1-2H3. The van der Waals surface area contributed by atoms with Crippen molar-refractivity contribution < 1.29 is 9.32 Å². The van der Waals surface area contributed by atoms with E-state index >= 15 is 0 Å². The molecule has 0 fully saturated rings. The van der Waals surface area contributed by atoms with Crippen LogP contribution in [0.3, 0.4) is 0 Å². The van der Waals surface area contributed by atoms with Crippen molar-refractivity contribution in [1.29, 1.82) is 0 Å². The van der Waals surface area contributed by atoms with Gasteiger partial charge in [-0.1, -0.05) is 28.4 Å². The number of carbonyl (C=O) groups is 1. The van der Waals surface area contributed by atoms with E-state index in [1.165, 1.54) is 0 Å². The van der Waals surface area contributed by atoms with Crippen LogP contribution in [0.2, 0.25) is 10.0 Å². The predicted octanol–water partition coefficient (Wildman–Crippen LogP) is 3.49. The number of likely N-dealkylation sites (N-methyl/N-ethyl adjacent to an activating group) is 1. The minimum Gasteiger partial charge on any atom is -0.361 e. The fourth-order valence-corrected chi connectivity index (χ4v) is 2.18. The highest BCUT2D eigenvalue weighted by Crippen LogP contribution is 2.21. The van der Waals surface area contributed by atoms with Crippen LogP contribution in [0.5, 0.6) is 0 Å². The molecule has 2 aromatic rings. The third-order valence-corrected chi connectivity index (χ3v) is 3.45. The maximum absolute atomic E-state index is 12.2. The van der Waals surface area contributed by atoms with Crippen LogP contribution in [-0.2, 0) is 17.8 Å². The number of hydrogen-bond acceptors (Lipinski definition) is 3. The van der Waals surface area contributed by atoms with Crippen molar-refractivity contribution in [3.8, 4) is 0 Å². The van der Waals surface area contributed by atoms with E-state index in [-0.39, 0.29) is 12.3 Å². The number of benzene rings is 1. The van der Waals surface area contributed by atoms with Crippen LogP contribution in [-0.4, -0.2) is 23.0 Å². The molecule has 0 N–H and O–H groups in total. The van der Waals surface area contributed by atoms with Crippen LogP contribution in [0.15, 0.2) is 28.8 Å². The fourth-order valence-electron chi connectivity index (χ4n) is 1.80. The van der Waals surface area contributed by atoms with Crippen LogP contribution in [0.25, 0.3) is 0 Å². The van der Waals surface area contributed by atoms with Gasteiger partial charge in [-0.3, -0.25) is 4.79 Å². The number of carbonyl (C=O) groups excluding carboxylic acids is 1. The van der Waals surface area contributed by atoms with E-state index < -0.39 is 0 Å². The molecule has 0 unspecified atom stereocenters. The summed E-state index contributed by atoms with van der Waals surface area (Å²) < 4.78 is 4.97. The number of nitrogens with zero attached hydrogens (tertiary/aromatic N) is 2. The summed E-state index contributed by atoms with van der Waals surface area (Å²) in [5.74, 6) is 0.661. The van der Waals surface area contributed by atoms with E-state index in [0.717, 1.165) is 11.5 Å². The van der Waals surface area contributed by atoms with Gasteiger partial charge in [0.2, 0.25) is 5.91 Å². The van der Waals surface area contributed by atoms with Gasteiger partial charge in [-0.25, -0.2) is 0 Å². The first kappa shape index (κ1) is 14.9. The summed E-state index contributed by atoms with van der Waals surface area (Å²) >= 11 is 12.0. The molecule has 0 aliphatic rings. The minimum atomic E-state index is -0.0604. The molecular weight excluding hydrogens is 299 g/mol. The number of rotatable bonds is 4. The summed E-state index contributed by atoms with van der Waals surface area (Å²) in [6.07, 6.45) is 0.201. The lowest BCUT2D eigenvalue weighted by molar-refractivity contribution is -0.129. The maximum Gasteiger partial charge on any atom is 0.227 e. The summed E-state index contributed by atoms with van der Waals surface area (Å²) in [5, 5.41) is 4.96. The Morgan fingerprint density at radius 1 is 1.35 bits per heavy atom. The zero-order valence-corrected chi connectivity index (χ0v) is 12.7. The van der Waals surface area contributed by atoms with Gasteiger partial charge >= 0.3 is 0 Å². The van der Waals surface area contributed by atoms with Crippen LogP contribution >= 0.6 is 23.2 Å². The average molecular weight is 313 g/mol. The number of aryl methyl sites for hydroxylation is 1. The number of aromatic nitrogens is 1. The Hall–Kier alpha value is -1.52. The first-order chi connectivity index (χ1) is 9.45. The van der Waals surface area contributed by atoms with Gasteiger partial charge in [0.15, 0.2) is 0 Å². The van der Waals surface area contributed by atoms with Gasteiger partial charge in [-0.15, -0.1) is 0 Å². The molecule has 106 valence electrons. The first-order valence-corrected chi connectivity index (χ1v) is 6.81. The van der Waals surface area contributed by atoms with E-state index in [9.17, 15) is 4.79 Å². The predicted molar refractivity (Wildman–Crippen MR) is 77.9 cm³/mol. The summed E-state index contributed by atoms with van der Waals surface area (Å²) in [6, 6.07) is 6.89. The molecular formula is C14H14Cl2N2O2. The second-order valence-corrected chi connectivity index (χ2v) is 5.43. The summed E-state index contributed by atoms with van der Waals surface area (Å²) in [5.41, 5.74) is 1.43. The van der Waals surface area contributed by atoms with Gasteiger partial charge in [0.05, 0.1) is 13.0 Å². The fraction of sp³-hybridized carbons (Fsp3) is 0.286. The third kappa shape index (κ3) is 3.74. The second kappa shape index (κ2) is 6.29. The van der Waals surface area contributed by atoms with Gasteiger partial charge in [-0.2, -0.15) is 0 Å². The van der Waals surface area contributed by atoms with Crippen LogP contribution in [0.4, 0.5) is 0 Å². The molecule has 0 aliphatic carbocycles. The van der Waals surface area contributed by atoms with Crippen molar-refractivity contribution in [2.75, 3.05) is 7.05 Å². The van der Waals surface area contributed by atoms with E-state index in [0.29, 0.717) is 22.2 Å². The molecule has 0 aliphatic heterocycles. The number of halogens is 2. The molecule has 1 amide bonds. The van der Waals surface area contributed by atoms with Gasteiger partial charge in [0.25, 0.3) is 0 Å². The molecule has 0 saturated carbocycles. The summed E-state index contributed by atoms with van der Waals surface area (Å²) in [4.78, 5) is 13.7. The number of amides is 1. The van der Waals surface area contributed by atoms with Crippen LogP contribution in [0.1, 0.15) is 17.0 Å². The molecule has 0 bridgehead atoms. The van der Waals surface area contributed by atoms with Crippen molar-refractivity contribution in [2.45, 2.75) is 19.9 Å². The molecule has 4 nitrogen and oxygen atoms in total. The van der Waals surface area contributed by atoms with Crippen LogP contribution in [0, 0.1) is 6.92 Å². The molecule has 0 spiro atoms. The lowest BCUT2D eigenvalue weighted by Crippen LogP contribution is -2.27. The smallest absolute Gasteiger partial charge is 0.227 e. The SMILES string of the molecule is Cc1cc(CN(C)C(=O)Cc2cc(Cl)ccc2Cl)no1. The Morgan fingerprint density at radius 3 is 2.75 bits per heavy atom. The van der Waals surface area contributed by atoms with Gasteiger partial charge in [-0.05, 0) is 30.7 Å². The monoisotopic (exact) mass is 312 g/mol. The van der Waals surface area contributed by atoms with E-state index in [1.807, 2.05) is 6.92 Å². The number of hydrogen-bond donors (Lipinski definition) is 0. The van der Waals surface area contributed by atoms with Gasteiger partial charge < -0.3 is 9.42 Å². The topological polar surface area (TPSA) is 46.3 Å². The van der Waals surface area contributed by atoms with Crippen molar-refractivity contribution in [1.82, 2.24) is 10.1 Å². The Bertz CT molecular complexity index is 625. The van der Waals surface area contributed by atoms with Gasteiger partial charge in [0.1, 0.15) is 11.5 Å². The molecule has 6 heteroatoms. The van der Waals surface area contributed by atoms with Crippen molar-refractivity contribution in [3.63, 3.8) is 0 Å². The zero-order valence-electron chi connectivity index (χ0n) is 11.2. The lowest BCUT2D eigenvalue weighted by Gasteiger charge is -2.16. The molecule has 1 heterocycles. The van der Waals surface area contributed by atoms with Crippen molar-refractivity contribution >= 4 is 29.1 Å². The highest BCUT2D eigenvalue weighted by atomic mass is 35.5. The van der Waals surface area contributed by atoms with Crippen LogP contribution < -0.4 is 0 Å². The molecule has 2 rings (SSSR count). The largest absolute Gasteiger partial charge is 0.361 e. The molecule has 1 aromatic carbocycles. The maximum atomic E-state index is 12.2. The van der Waals surface area contributed by atoms with E-state index in [4.69, 9.17) is 27.7 Å². The average Bonchev–Trinajstić information content (AvgIpc) is 2.79. The van der Waals surface area contributed by atoms with Crippen molar-refractivity contribution in [2.24, 2.45) is 0 Å². The minimum absolute atomic E-state index is 0.0604. The first-order valence-electron chi connectivity index (χ1n) is 6.06. The highest BCUT2D eigenvalue weighted by Gasteiger charge is 2.14.